The van der Waals surface area contributed by atoms with E-state index in [2.05, 4.69) is 31.9 Å². The van der Waals surface area contributed by atoms with Crippen molar-refractivity contribution >= 4 is 34.5 Å². The summed E-state index contributed by atoms with van der Waals surface area (Å²) >= 11 is 0. The van der Waals surface area contributed by atoms with Gasteiger partial charge in [-0.15, -0.1) is 5.10 Å². The minimum atomic E-state index is -1.25. The lowest BCUT2D eigenvalue weighted by Crippen LogP contribution is -2.59. The van der Waals surface area contributed by atoms with Crippen LogP contribution in [0.25, 0.3) is 11.2 Å². The zero-order chi connectivity index (χ0) is 23.6. The molecule has 34 heavy (non-hydrogen) atoms. The highest BCUT2D eigenvalue weighted by Gasteiger charge is 2.58. The van der Waals surface area contributed by atoms with Crippen LogP contribution in [0.5, 0.6) is 5.88 Å². The van der Waals surface area contributed by atoms with Gasteiger partial charge in [0.1, 0.15) is 11.9 Å². The van der Waals surface area contributed by atoms with Gasteiger partial charge in [-0.2, -0.15) is 9.97 Å². The normalized spacial score (nSPS) is 27.3. The summed E-state index contributed by atoms with van der Waals surface area (Å²) in [6, 6.07) is -0.665. The standard InChI is InChI=1S/C22H26FN9O2/c1-4-16(33)25-14-10-31(8-13(14)23)21-27-18(26-15-9-30(2)29-20(15)34-3)17-19(28-21)32(11-24-17)22-5-12(6-22)7-22/h4,9,11-14H,1,5-8,10H2,2-3H3,(H,25,33)(H,26,27,28)/t12?,13-,14?,22?/m1/s1. The number of aromatic nitrogens is 6. The van der Waals surface area contributed by atoms with E-state index in [1.165, 1.54) is 0 Å². The molecule has 11 nitrogen and oxygen atoms in total. The minimum absolute atomic E-state index is 0.0718. The van der Waals surface area contributed by atoms with E-state index in [1.807, 2.05) is 6.33 Å². The maximum atomic E-state index is 14.8. The van der Waals surface area contributed by atoms with E-state index in [0.29, 0.717) is 34.5 Å². The molecular formula is C22H26FN9O2. The van der Waals surface area contributed by atoms with E-state index in [-0.39, 0.29) is 18.6 Å². The number of hydrogen-bond donors (Lipinski definition) is 2. The molecule has 2 bridgehead atoms. The highest BCUT2D eigenvalue weighted by atomic mass is 19.1. The molecule has 1 aliphatic heterocycles. The van der Waals surface area contributed by atoms with Crippen molar-refractivity contribution in [1.82, 2.24) is 34.6 Å². The molecule has 2 atom stereocenters. The first-order chi connectivity index (χ1) is 16.4. The van der Waals surface area contributed by atoms with Crippen molar-refractivity contribution < 1.29 is 13.9 Å². The van der Waals surface area contributed by atoms with Crippen molar-refractivity contribution in [3.05, 3.63) is 25.2 Å². The number of ether oxygens (including phenoxy) is 1. The Hall–Kier alpha value is -3.70. The Balaban J connectivity index is 1.40. The third kappa shape index (κ3) is 3.11. The molecule has 0 aromatic carbocycles. The molecule has 0 spiro atoms. The lowest BCUT2D eigenvalue weighted by molar-refractivity contribution is -0.117. The first kappa shape index (κ1) is 20.9. The molecule has 3 aliphatic carbocycles. The largest absolute Gasteiger partial charge is 0.478 e. The van der Waals surface area contributed by atoms with Gasteiger partial charge in [-0.25, -0.2) is 9.37 Å². The number of hydrogen-bond acceptors (Lipinski definition) is 8. The van der Waals surface area contributed by atoms with Crippen LogP contribution in [0, 0.1) is 5.92 Å². The number of anilines is 3. The Morgan fingerprint density at radius 1 is 1.32 bits per heavy atom. The number of alkyl halides is 1. The van der Waals surface area contributed by atoms with Crippen molar-refractivity contribution in [2.45, 2.75) is 37.0 Å². The molecule has 7 rings (SSSR count). The molecule has 3 saturated carbocycles. The topological polar surface area (TPSA) is 115 Å². The molecule has 3 aromatic rings. The molecule has 4 heterocycles. The van der Waals surface area contributed by atoms with Gasteiger partial charge in [-0.1, -0.05) is 6.58 Å². The van der Waals surface area contributed by atoms with Gasteiger partial charge in [-0.3, -0.25) is 9.48 Å². The summed E-state index contributed by atoms with van der Waals surface area (Å²) in [5, 5.41) is 10.2. The Kier molecular flexibility index (Phi) is 4.55. The van der Waals surface area contributed by atoms with Gasteiger partial charge >= 0.3 is 0 Å². The van der Waals surface area contributed by atoms with Crippen molar-refractivity contribution in [3.8, 4) is 5.88 Å². The molecule has 178 valence electrons. The van der Waals surface area contributed by atoms with Crippen molar-refractivity contribution in [2.75, 3.05) is 30.4 Å². The van der Waals surface area contributed by atoms with Gasteiger partial charge in [0.25, 0.3) is 5.88 Å². The number of halogens is 1. The molecule has 3 aromatic heterocycles. The van der Waals surface area contributed by atoms with Gasteiger partial charge in [0.05, 0.1) is 32.2 Å². The lowest BCUT2D eigenvalue weighted by Gasteiger charge is -2.62. The molecule has 1 saturated heterocycles. The van der Waals surface area contributed by atoms with Crippen LogP contribution in [-0.4, -0.2) is 67.6 Å². The van der Waals surface area contributed by atoms with E-state index in [0.717, 1.165) is 31.3 Å². The van der Waals surface area contributed by atoms with Crippen molar-refractivity contribution in [3.63, 3.8) is 0 Å². The van der Waals surface area contributed by atoms with Gasteiger partial charge in [-0.05, 0) is 31.3 Å². The monoisotopic (exact) mass is 467 g/mol. The number of nitrogens with one attached hydrogen (secondary N) is 2. The molecule has 4 aliphatic rings. The fraction of sp³-hybridized carbons (Fsp3) is 0.500. The maximum absolute atomic E-state index is 14.8. The molecule has 0 radical (unpaired) electrons. The summed E-state index contributed by atoms with van der Waals surface area (Å²) in [4.78, 5) is 27.7. The van der Waals surface area contributed by atoms with Gasteiger partial charge in [0.15, 0.2) is 17.0 Å². The zero-order valence-corrected chi connectivity index (χ0v) is 19.0. The highest BCUT2D eigenvalue weighted by molar-refractivity contribution is 5.88. The Morgan fingerprint density at radius 3 is 2.79 bits per heavy atom. The van der Waals surface area contributed by atoms with Crippen LogP contribution in [-0.2, 0) is 17.4 Å². The number of methoxy groups -OCH3 is 1. The summed E-state index contributed by atoms with van der Waals surface area (Å²) in [6.07, 6.45) is 6.90. The molecule has 12 heteroatoms. The first-order valence-electron chi connectivity index (χ1n) is 11.3. The van der Waals surface area contributed by atoms with E-state index in [1.54, 1.807) is 29.9 Å². The van der Waals surface area contributed by atoms with E-state index < -0.39 is 18.1 Å². The third-order valence-electron chi connectivity index (χ3n) is 7.19. The number of amides is 1. The van der Waals surface area contributed by atoms with Crippen LogP contribution < -0.4 is 20.3 Å². The third-order valence-corrected chi connectivity index (χ3v) is 7.19. The summed E-state index contributed by atoms with van der Waals surface area (Å²) in [5.41, 5.74) is 2.05. The number of imidazole rings is 1. The minimum Gasteiger partial charge on any atom is -0.478 e. The van der Waals surface area contributed by atoms with Crippen LogP contribution in [0.15, 0.2) is 25.2 Å². The second-order valence-corrected chi connectivity index (χ2v) is 9.45. The molecule has 1 unspecified atom stereocenters. The van der Waals surface area contributed by atoms with Crippen molar-refractivity contribution in [2.24, 2.45) is 13.0 Å². The average molecular weight is 468 g/mol. The summed E-state index contributed by atoms with van der Waals surface area (Å²) < 4.78 is 23.9. The SMILES string of the molecule is C=CC(=O)NC1CN(c2nc(Nc3cn(C)nc3OC)c3ncn(C45CC(C4)C5)c3n2)C[C@H]1F. The predicted molar refractivity (Wildman–Crippen MR) is 123 cm³/mol. The fourth-order valence-corrected chi connectivity index (χ4v) is 5.33. The highest BCUT2D eigenvalue weighted by Crippen LogP contribution is 2.62. The summed E-state index contributed by atoms with van der Waals surface area (Å²) in [7, 11) is 3.35. The van der Waals surface area contributed by atoms with Crippen LogP contribution in [0.3, 0.4) is 0 Å². The van der Waals surface area contributed by atoms with E-state index in [9.17, 15) is 9.18 Å². The van der Waals surface area contributed by atoms with Crippen LogP contribution in [0.2, 0.25) is 0 Å². The van der Waals surface area contributed by atoms with E-state index >= 15 is 0 Å². The number of carbonyl (C=O) groups excluding carboxylic acids is 1. The number of aryl methyl sites for hydroxylation is 1. The summed E-state index contributed by atoms with van der Waals surface area (Å²) in [6.45, 7) is 3.77. The number of nitrogens with zero attached hydrogens (tertiary/aromatic N) is 7. The second kappa shape index (κ2) is 7.40. The smallest absolute Gasteiger partial charge is 0.256 e. The van der Waals surface area contributed by atoms with Crippen LogP contribution in [0.4, 0.5) is 21.8 Å². The number of rotatable bonds is 7. The van der Waals surface area contributed by atoms with Gasteiger partial charge in [0.2, 0.25) is 11.9 Å². The lowest BCUT2D eigenvalue weighted by atomic mass is 9.50. The molecule has 2 N–H and O–H groups in total. The van der Waals surface area contributed by atoms with E-state index in [4.69, 9.17) is 14.7 Å². The molecular weight excluding hydrogens is 441 g/mol. The Labute approximate surface area is 195 Å². The van der Waals surface area contributed by atoms with Crippen LogP contribution in [0.1, 0.15) is 19.3 Å². The Morgan fingerprint density at radius 2 is 2.12 bits per heavy atom. The zero-order valence-electron chi connectivity index (χ0n) is 19.0. The maximum Gasteiger partial charge on any atom is 0.256 e. The van der Waals surface area contributed by atoms with Crippen molar-refractivity contribution in [1.29, 1.82) is 0 Å². The van der Waals surface area contributed by atoms with Crippen LogP contribution >= 0.6 is 0 Å². The Bertz CT molecular complexity index is 1280. The summed E-state index contributed by atoms with van der Waals surface area (Å²) in [5.74, 6) is 1.68. The predicted octanol–water partition coefficient (Wildman–Crippen LogP) is 1.65. The number of carbonyl (C=O) groups is 1. The van der Waals surface area contributed by atoms with Gasteiger partial charge in [0, 0.05) is 19.1 Å². The second-order valence-electron chi connectivity index (χ2n) is 9.45. The first-order valence-corrected chi connectivity index (χ1v) is 11.3. The quantitative estimate of drug-likeness (QED) is 0.504. The number of fused-ring (bicyclic) bond motifs is 1. The average Bonchev–Trinajstić information content (AvgIpc) is 3.43. The fourth-order valence-electron chi connectivity index (χ4n) is 5.33. The van der Waals surface area contributed by atoms with Gasteiger partial charge < -0.3 is 24.8 Å². The molecule has 4 fully saturated rings. The molecule has 1 amide bonds.